The third-order valence-electron chi connectivity index (χ3n) is 6.00. The number of halogens is 1. The number of aromatic nitrogens is 2. The van der Waals surface area contributed by atoms with E-state index in [0.717, 1.165) is 0 Å². The first-order valence-corrected chi connectivity index (χ1v) is 10.3. The fourth-order valence-electron chi connectivity index (χ4n) is 4.55. The van der Waals surface area contributed by atoms with Gasteiger partial charge in [-0.25, -0.2) is 9.18 Å². The summed E-state index contributed by atoms with van der Waals surface area (Å²) in [4.78, 5) is 26.9. The molecule has 1 N–H and O–H groups in total. The highest BCUT2D eigenvalue weighted by Gasteiger charge is 2.61. The molecule has 0 radical (unpaired) electrons. The number of rotatable bonds is 3. The van der Waals surface area contributed by atoms with Crippen molar-refractivity contribution in [3.05, 3.63) is 29.7 Å². The largest absolute Gasteiger partial charge is 0.444 e. The van der Waals surface area contributed by atoms with Crippen LogP contribution in [-0.2, 0) is 22.1 Å². The first kappa shape index (κ1) is 20.6. The van der Waals surface area contributed by atoms with Crippen molar-refractivity contribution in [2.24, 2.45) is 24.8 Å². The molecule has 1 aromatic heterocycles. The Morgan fingerprint density at radius 1 is 1.17 bits per heavy atom. The molecule has 1 aliphatic heterocycles. The molecule has 0 spiro atoms. The minimum atomic E-state index is -0.833. The summed E-state index contributed by atoms with van der Waals surface area (Å²) in [5.74, 6) is -0.276. The van der Waals surface area contributed by atoms with Gasteiger partial charge in [0.2, 0.25) is 5.91 Å². The molecular formula is C22H29FN4O3. The van der Waals surface area contributed by atoms with E-state index in [-0.39, 0.29) is 35.6 Å². The topological polar surface area (TPSA) is 76.5 Å². The zero-order chi connectivity index (χ0) is 22.0. The SMILES string of the molecule is Cn1nc(C(C)(C)NC(=O)C2[C@H]3CN(C(=O)OC(C)(C)C)C[C@@H]23)c2c(F)cccc21. The van der Waals surface area contributed by atoms with Crippen LogP contribution in [0.5, 0.6) is 0 Å². The molecule has 7 nitrogen and oxygen atoms in total. The van der Waals surface area contributed by atoms with Gasteiger partial charge < -0.3 is 15.0 Å². The number of amides is 2. The molecule has 1 aromatic carbocycles. The maximum absolute atomic E-state index is 14.5. The van der Waals surface area contributed by atoms with Crippen molar-refractivity contribution < 1.29 is 18.7 Å². The monoisotopic (exact) mass is 416 g/mol. The van der Waals surface area contributed by atoms with Gasteiger partial charge in [-0.1, -0.05) is 6.07 Å². The molecule has 0 bridgehead atoms. The van der Waals surface area contributed by atoms with E-state index < -0.39 is 11.1 Å². The van der Waals surface area contributed by atoms with Crippen LogP contribution in [0.4, 0.5) is 9.18 Å². The van der Waals surface area contributed by atoms with Crippen LogP contribution in [0.3, 0.4) is 0 Å². The molecule has 1 unspecified atom stereocenters. The van der Waals surface area contributed by atoms with Gasteiger partial charge in [0.15, 0.2) is 0 Å². The van der Waals surface area contributed by atoms with Crippen molar-refractivity contribution in [3.63, 3.8) is 0 Å². The van der Waals surface area contributed by atoms with E-state index in [1.807, 2.05) is 40.7 Å². The van der Waals surface area contributed by atoms with Crippen LogP contribution >= 0.6 is 0 Å². The maximum Gasteiger partial charge on any atom is 0.410 e. The van der Waals surface area contributed by atoms with Gasteiger partial charge in [0.25, 0.3) is 0 Å². The predicted molar refractivity (Wildman–Crippen MR) is 110 cm³/mol. The number of nitrogens with zero attached hydrogens (tertiary/aromatic N) is 3. The molecule has 30 heavy (non-hydrogen) atoms. The van der Waals surface area contributed by atoms with E-state index in [4.69, 9.17) is 4.74 Å². The van der Waals surface area contributed by atoms with Gasteiger partial charge in [0.1, 0.15) is 11.4 Å². The Bertz CT molecular complexity index is 1010. The van der Waals surface area contributed by atoms with Gasteiger partial charge in [0, 0.05) is 26.1 Å². The highest BCUT2D eigenvalue weighted by Crippen LogP contribution is 2.52. The van der Waals surface area contributed by atoms with Crippen LogP contribution in [0.15, 0.2) is 18.2 Å². The number of hydrogen-bond donors (Lipinski definition) is 1. The van der Waals surface area contributed by atoms with Gasteiger partial charge in [0.05, 0.1) is 22.1 Å². The average molecular weight is 416 g/mol. The van der Waals surface area contributed by atoms with E-state index in [9.17, 15) is 14.0 Å². The Labute approximate surface area is 175 Å². The van der Waals surface area contributed by atoms with Crippen LogP contribution in [0, 0.1) is 23.6 Å². The van der Waals surface area contributed by atoms with Crippen molar-refractivity contribution in [1.82, 2.24) is 20.0 Å². The van der Waals surface area contributed by atoms with E-state index in [1.165, 1.54) is 6.07 Å². The second kappa shape index (κ2) is 6.68. The molecule has 8 heteroatoms. The fourth-order valence-corrected chi connectivity index (χ4v) is 4.55. The van der Waals surface area contributed by atoms with Gasteiger partial charge in [-0.05, 0) is 58.6 Å². The zero-order valence-electron chi connectivity index (χ0n) is 18.3. The Kier molecular flexibility index (Phi) is 4.60. The third kappa shape index (κ3) is 3.52. The number of piperidine rings is 1. The van der Waals surface area contributed by atoms with Crippen molar-refractivity contribution in [2.75, 3.05) is 13.1 Å². The molecule has 2 fully saturated rings. The van der Waals surface area contributed by atoms with Gasteiger partial charge in [-0.15, -0.1) is 0 Å². The number of benzene rings is 1. The summed E-state index contributed by atoms with van der Waals surface area (Å²) in [7, 11) is 1.76. The van der Waals surface area contributed by atoms with Crippen molar-refractivity contribution in [1.29, 1.82) is 0 Å². The second-order valence-electron chi connectivity index (χ2n) is 9.96. The second-order valence-corrected chi connectivity index (χ2v) is 9.96. The highest BCUT2D eigenvalue weighted by molar-refractivity contribution is 5.87. The van der Waals surface area contributed by atoms with Crippen molar-refractivity contribution >= 4 is 22.9 Å². The van der Waals surface area contributed by atoms with Crippen molar-refractivity contribution in [2.45, 2.75) is 45.8 Å². The number of aryl methyl sites for hydroxylation is 1. The molecular weight excluding hydrogens is 387 g/mol. The summed E-state index contributed by atoms with van der Waals surface area (Å²) in [6.07, 6.45) is -0.329. The molecule has 2 amide bonds. The van der Waals surface area contributed by atoms with E-state index in [2.05, 4.69) is 10.4 Å². The van der Waals surface area contributed by atoms with E-state index >= 15 is 0 Å². The lowest BCUT2D eigenvalue weighted by Crippen LogP contribution is -2.44. The number of fused-ring (bicyclic) bond motifs is 2. The van der Waals surface area contributed by atoms with Crippen LogP contribution in [0.25, 0.3) is 10.9 Å². The zero-order valence-corrected chi connectivity index (χ0v) is 18.3. The molecule has 1 saturated heterocycles. The number of carbonyl (C=O) groups excluding carboxylic acids is 2. The van der Waals surface area contributed by atoms with E-state index in [1.54, 1.807) is 22.7 Å². The lowest BCUT2D eigenvalue weighted by molar-refractivity contribution is -0.125. The van der Waals surface area contributed by atoms with Gasteiger partial charge >= 0.3 is 6.09 Å². The standard InChI is InChI=1S/C22H29FN4O3/c1-21(2,3)30-20(29)27-10-12-13(11-27)16(12)19(28)24-22(4,5)18-17-14(23)8-7-9-15(17)26(6)25-18/h7-9,12-13,16H,10-11H2,1-6H3,(H,24,28)/t12-,13+,16?. The summed E-state index contributed by atoms with van der Waals surface area (Å²) < 4.78 is 21.6. The molecule has 2 heterocycles. The molecule has 1 aliphatic carbocycles. The van der Waals surface area contributed by atoms with Crippen LogP contribution in [-0.4, -0.2) is 45.4 Å². The fraction of sp³-hybridized carbons (Fsp3) is 0.591. The normalized spacial score (nSPS) is 23.4. The highest BCUT2D eigenvalue weighted by atomic mass is 19.1. The van der Waals surface area contributed by atoms with Crippen LogP contribution < -0.4 is 5.32 Å². The molecule has 3 atom stereocenters. The van der Waals surface area contributed by atoms with E-state index in [0.29, 0.717) is 29.7 Å². The average Bonchev–Trinajstić information content (AvgIpc) is 2.95. The minimum absolute atomic E-state index is 0.0750. The molecule has 162 valence electrons. The lowest BCUT2D eigenvalue weighted by Gasteiger charge is -2.27. The molecule has 2 aliphatic rings. The maximum atomic E-state index is 14.5. The Hall–Kier alpha value is -2.64. The summed E-state index contributed by atoms with van der Waals surface area (Å²) in [5.41, 5.74) is -0.178. The summed E-state index contributed by atoms with van der Waals surface area (Å²) in [6.45, 7) is 10.2. The summed E-state index contributed by atoms with van der Waals surface area (Å²) in [5, 5.41) is 7.98. The summed E-state index contributed by atoms with van der Waals surface area (Å²) in [6, 6.07) is 4.86. The predicted octanol–water partition coefficient (Wildman–Crippen LogP) is 3.18. The number of nitrogens with one attached hydrogen (secondary N) is 1. The molecule has 1 saturated carbocycles. The van der Waals surface area contributed by atoms with Crippen molar-refractivity contribution in [3.8, 4) is 0 Å². The number of carbonyl (C=O) groups is 2. The first-order valence-electron chi connectivity index (χ1n) is 10.3. The number of hydrogen-bond acceptors (Lipinski definition) is 4. The minimum Gasteiger partial charge on any atom is -0.444 e. The Balaban J connectivity index is 1.43. The smallest absolute Gasteiger partial charge is 0.410 e. The third-order valence-corrected chi connectivity index (χ3v) is 6.00. The number of likely N-dealkylation sites (tertiary alicyclic amines) is 1. The molecule has 2 aromatic rings. The quantitative estimate of drug-likeness (QED) is 0.834. The van der Waals surface area contributed by atoms with Gasteiger partial charge in [-0.3, -0.25) is 9.48 Å². The van der Waals surface area contributed by atoms with Crippen LogP contribution in [0.1, 0.15) is 40.3 Å². The van der Waals surface area contributed by atoms with Crippen LogP contribution in [0.2, 0.25) is 0 Å². The summed E-state index contributed by atoms with van der Waals surface area (Å²) >= 11 is 0. The Morgan fingerprint density at radius 3 is 2.40 bits per heavy atom. The number of ether oxygens (including phenoxy) is 1. The molecule has 4 rings (SSSR count). The lowest BCUT2D eigenvalue weighted by atomic mass is 9.96. The Morgan fingerprint density at radius 2 is 1.80 bits per heavy atom. The first-order chi connectivity index (χ1) is 13.9. The van der Waals surface area contributed by atoms with Gasteiger partial charge in [-0.2, -0.15) is 5.10 Å².